The standard InChI is InChI=1S/C11H20F3N3O2/c1-3-5-10(6-4-2,8(15)17-19)9(18)16-7-11(12,13)14/h19H,3-7H2,1-2H3,(H2,15,17)(H,16,18). The first-order valence-electron chi connectivity index (χ1n) is 6.06. The molecule has 112 valence electrons. The van der Waals surface area contributed by atoms with Crippen molar-refractivity contribution in [2.75, 3.05) is 6.54 Å². The molecule has 0 bridgehead atoms. The van der Waals surface area contributed by atoms with Crippen LogP contribution in [0.5, 0.6) is 0 Å². The van der Waals surface area contributed by atoms with Crippen LogP contribution in [0.1, 0.15) is 39.5 Å². The minimum absolute atomic E-state index is 0.223. The normalized spacial score (nSPS) is 13.4. The average molecular weight is 283 g/mol. The van der Waals surface area contributed by atoms with Crippen LogP contribution < -0.4 is 11.1 Å². The van der Waals surface area contributed by atoms with Gasteiger partial charge in [-0.2, -0.15) is 13.2 Å². The minimum Gasteiger partial charge on any atom is -0.409 e. The van der Waals surface area contributed by atoms with Crippen LogP contribution in [0, 0.1) is 5.41 Å². The van der Waals surface area contributed by atoms with Crippen LogP contribution in [0.4, 0.5) is 13.2 Å². The molecule has 0 aliphatic heterocycles. The van der Waals surface area contributed by atoms with Crippen molar-refractivity contribution in [3.63, 3.8) is 0 Å². The Labute approximate surface area is 110 Å². The van der Waals surface area contributed by atoms with Crippen LogP contribution in [0.25, 0.3) is 0 Å². The molecule has 0 aliphatic rings. The Hall–Kier alpha value is -1.47. The van der Waals surface area contributed by atoms with Crippen LogP contribution in [-0.4, -0.2) is 29.7 Å². The molecule has 0 saturated carbocycles. The van der Waals surface area contributed by atoms with Crippen LogP contribution >= 0.6 is 0 Å². The number of nitrogens with two attached hydrogens (primary N) is 1. The van der Waals surface area contributed by atoms with E-state index in [4.69, 9.17) is 10.9 Å². The Morgan fingerprint density at radius 1 is 1.26 bits per heavy atom. The van der Waals surface area contributed by atoms with Crippen molar-refractivity contribution in [3.8, 4) is 0 Å². The maximum Gasteiger partial charge on any atom is 0.405 e. The summed E-state index contributed by atoms with van der Waals surface area (Å²) in [6.07, 6.45) is -3.00. The van der Waals surface area contributed by atoms with Crippen LogP contribution in [0.3, 0.4) is 0 Å². The van der Waals surface area contributed by atoms with Gasteiger partial charge in [0.05, 0.1) is 0 Å². The highest BCUT2D eigenvalue weighted by atomic mass is 19.4. The number of alkyl halides is 3. The lowest BCUT2D eigenvalue weighted by atomic mass is 9.77. The van der Waals surface area contributed by atoms with Crippen LogP contribution in [0.15, 0.2) is 5.16 Å². The fourth-order valence-corrected chi connectivity index (χ4v) is 2.02. The van der Waals surface area contributed by atoms with Gasteiger partial charge in [0.25, 0.3) is 0 Å². The first-order valence-corrected chi connectivity index (χ1v) is 6.06. The number of halogens is 3. The summed E-state index contributed by atoms with van der Waals surface area (Å²) in [5.41, 5.74) is 4.14. The first kappa shape index (κ1) is 17.5. The zero-order chi connectivity index (χ0) is 15.1. The summed E-state index contributed by atoms with van der Waals surface area (Å²) in [6.45, 7) is 2.11. The SMILES string of the molecule is CCCC(CCC)(C(=O)NCC(F)(F)F)C(N)=NO. The lowest BCUT2D eigenvalue weighted by molar-refractivity contribution is -0.143. The van der Waals surface area contributed by atoms with Crippen LogP contribution in [0.2, 0.25) is 0 Å². The van der Waals surface area contributed by atoms with Gasteiger partial charge in [-0.25, -0.2) is 0 Å². The lowest BCUT2D eigenvalue weighted by Gasteiger charge is -2.30. The number of amides is 1. The van der Waals surface area contributed by atoms with Crippen LogP contribution in [-0.2, 0) is 4.79 Å². The van der Waals surface area contributed by atoms with E-state index in [-0.39, 0.29) is 18.7 Å². The fourth-order valence-electron chi connectivity index (χ4n) is 2.02. The molecule has 0 saturated heterocycles. The Balaban J connectivity index is 5.15. The quantitative estimate of drug-likeness (QED) is 0.289. The Morgan fingerprint density at radius 3 is 2.05 bits per heavy atom. The van der Waals surface area contributed by atoms with Gasteiger partial charge in [0.1, 0.15) is 12.0 Å². The van der Waals surface area contributed by atoms with E-state index in [9.17, 15) is 18.0 Å². The smallest absolute Gasteiger partial charge is 0.405 e. The maximum atomic E-state index is 12.1. The number of hydrogen-bond acceptors (Lipinski definition) is 3. The molecule has 19 heavy (non-hydrogen) atoms. The van der Waals surface area contributed by atoms with Gasteiger partial charge in [0, 0.05) is 0 Å². The summed E-state index contributed by atoms with van der Waals surface area (Å²) >= 11 is 0. The third kappa shape index (κ3) is 4.96. The van der Waals surface area contributed by atoms with E-state index in [0.717, 1.165) is 0 Å². The number of amidine groups is 1. The van der Waals surface area contributed by atoms with Gasteiger partial charge < -0.3 is 16.3 Å². The van der Waals surface area contributed by atoms with E-state index in [1.54, 1.807) is 13.8 Å². The molecule has 0 aliphatic carbocycles. The van der Waals surface area contributed by atoms with Crippen molar-refractivity contribution in [2.45, 2.75) is 45.7 Å². The number of nitrogens with zero attached hydrogens (tertiary/aromatic N) is 1. The Bertz CT molecular complexity index is 324. The fraction of sp³-hybridized carbons (Fsp3) is 0.818. The molecule has 4 N–H and O–H groups in total. The molecule has 0 unspecified atom stereocenters. The number of rotatable bonds is 7. The molecule has 5 nitrogen and oxygen atoms in total. The number of carbonyl (C=O) groups excluding carboxylic acids is 1. The minimum atomic E-state index is -4.50. The zero-order valence-electron chi connectivity index (χ0n) is 11.0. The summed E-state index contributed by atoms with van der Waals surface area (Å²) in [5.74, 6) is -1.21. The average Bonchev–Trinajstić information content (AvgIpc) is 2.33. The summed E-state index contributed by atoms with van der Waals surface area (Å²) in [7, 11) is 0. The van der Waals surface area contributed by atoms with Gasteiger partial charge in [-0.3, -0.25) is 4.79 Å². The number of carbonyl (C=O) groups is 1. The van der Waals surface area contributed by atoms with E-state index >= 15 is 0 Å². The van der Waals surface area contributed by atoms with E-state index in [1.807, 2.05) is 5.32 Å². The van der Waals surface area contributed by atoms with Crippen molar-refractivity contribution >= 4 is 11.7 Å². The first-order chi connectivity index (χ1) is 8.73. The molecule has 1 amide bonds. The molecule has 0 spiro atoms. The second-order valence-electron chi connectivity index (χ2n) is 4.37. The third-order valence-corrected chi connectivity index (χ3v) is 2.84. The Kier molecular flexibility index (Phi) is 6.64. The summed E-state index contributed by atoms with van der Waals surface area (Å²) in [4.78, 5) is 12.0. The lowest BCUT2D eigenvalue weighted by Crippen LogP contribution is -2.51. The third-order valence-electron chi connectivity index (χ3n) is 2.84. The molecule has 0 rings (SSSR count). The number of nitrogens with one attached hydrogen (secondary N) is 1. The topological polar surface area (TPSA) is 87.7 Å². The summed E-state index contributed by atoms with van der Waals surface area (Å²) < 4.78 is 36.4. The molecular formula is C11H20F3N3O2. The molecule has 0 aromatic rings. The van der Waals surface area contributed by atoms with Gasteiger partial charge in [0.15, 0.2) is 5.84 Å². The predicted molar refractivity (Wildman–Crippen MR) is 64.7 cm³/mol. The van der Waals surface area contributed by atoms with Gasteiger partial charge in [-0.1, -0.05) is 31.8 Å². The zero-order valence-corrected chi connectivity index (χ0v) is 11.0. The highest BCUT2D eigenvalue weighted by Gasteiger charge is 2.42. The molecular weight excluding hydrogens is 263 g/mol. The molecule has 0 fully saturated rings. The second kappa shape index (κ2) is 7.20. The number of hydrogen-bond donors (Lipinski definition) is 3. The molecule has 8 heteroatoms. The maximum absolute atomic E-state index is 12.1. The second-order valence-corrected chi connectivity index (χ2v) is 4.37. The summed E-state index contributed by atoms with van der Waals surface area (Å²) in [6, 6.07) is 0. The van der Waals surface area contributed by atoms with E-state index < -0.39 is 24.0 Å². The van der Waals surface area contributed by atoms with Crippen molar-refractivity contribution in [3.05, 3.63) is 0 Å². The molecule has 0 atom stereocenters. The van der Waals surface area contributed by atoms with Crippen molar-refractivity contribution < 1.29 is 23.2 Å². The highest BCUT2D eigenvalue weighted by Crippen LogP contribution is 2.31. The molecule has 0 aromatic heterocycles. The largest absolute Gasteiger partial charge is 0.409 e. The Morgan fingerprint density at radius 2 is 1.74 bits per heavy atom. The van der Waals surface area contributed by atoms with Crippen molar-refractivity contribution in [1.29, 1.82) is 0 Å². The molecule has 0 radical (unpaired) electrons. The predicted octanol–water partition coefficient (Wildman–Crippen LogP) is 2.00. The van der Waals surface area contributed by atoms with Gasteiger partial charge in [-0.15, -0.1) is 0 Å². The monoisotopic (exact) mass is 283 g/mol. The van der Waals surface area contributed by atoms with Gasteiger partial charge in [-0.05, 0) is 12.8 Å². The van der Waals surface area contributed by atoms with E-state index in [2.05, 4.69) is 5.16 Å². The van der Waals surface area contributed by atoms with E-state index in [0.29, 0.717) is 12.8 Å². The van der Waals surface area contributed by atoms with E-state index in [1.165, 1.54) is 0 Å². The highest BCUT2D eigenvalue weighted by molar-refractivity contribution is 6.06. The van der Waals surface area contributed by atoms with Crippen molar-refractivity contribution in [2.24, 2.45) is 16.3 Å². The van der Waals surface area contributed by atoms with Gasteiger partial charge >= 0.3 is 6.18 Å². The number of oxime groups is 1. The van der Waals surface area contributed by atoms with Gasteiger partial charge in [0.2, 0.25) is 5.91 Å². The molecule has 0 aromatic carbocycles. The van der Waals surface area contributed by atoms with Crippen molar-refractivity contribution in [1.82, 2.24) is 5.32 Å². The summed E-state index contributed by atoms with van der Waals surface area (Å²) in [5, 5.41) is 13.4. The molecule has 0 heterocycles.